The summed E-state index contributed by atoms with van der Waals surface area (Å²) in [6.07, 6.45) is 62.0. The standard InChI is InChI=1S/C49H89NO3/c1-3-5-7-9-11-13-15-17-18-19-20-21-22-23-24-25-26-27-28-29-30-31-32-33-35-37-39-41-43-45-49(53)50-47(46-51)48(52)44-42-40-38-36-34-16-14-12-10-8-6-4-2/h15,17,19-20,22-23,34,36,42,44,47-48,51-52H,3-14,16,18,21,24-33,35,37-41,43,45-46H2,1-2H3,(H,50,53)/b17-15-,20-19-,23-22-,36-34+,44-42+. The van der Waals surface area contributed by atoms with Crippen molar-refractivity contribution in [1.82, 2.24) is 5.32 Å². The molecule has 3 N–H and O–H groups in total. The van der Waals surface area contributed by atoms with Crippen molar-refractivity contribution in [3.63, 3.8) is 0 Å². The molecule has 0 aromatic rings. The number of hydrogen-bond donors (Lipinski definition) is 3. The van der Waals surface area contributed by atoms with Crippen LogP contribution in [0.3, 0.4) is 0 Å². The Morgan fingerprint density at radius 2 is 0.792 bits per heavy atom. The summed E-state index contributed by atoms with van der Waals surface area (Å²) in [7, 11) is 0. The molecule has 4 nitrogen and oxygen atoms in total. The first-order chi connectivity index (χ1) is 26.2. The molecule has 0 fully saturated rings. The Morgan fingerprint density at radius 3 is 1.23 bits per heavy atom. The lowest BCUT2D eigenvalue weighted by molar-refractivity contribution is -0.123. The predicted molar refractivity (Wildman–Crippen MR) is 234 cm³/mol. The summed E-state index contributed by atoms with van der Waals surface area (Å²) >= 11 is 0. The number of carbonyl (C=O) groups is 1. The molecule has 2 unspecified atom stereocenters. The minimum absolute atomic E-state index is 0.0770. The summed E-state index contributed by atoms with van der Waals surface area (Å²) in [5, 5.41) is 22.9. The Morgan fingerprint density at radius 1 is 0.453 bits per heavy atom. The third kappa shape index (κ3) is 41.1. The third-order valence-electron chi connectivity index (χ3n) is 10.2. The highest BCUT2D eigenvalue weighted by Gasteiger charge is 2.17. The third-order valence-corrected chi connectivity index (χ3v) is 10.2. The van der Waals surface area contributed by atoms with Crippen LogP contribution in [0.25, 0.3) is 0 Å². The van der Waals surface area contributed by atoms with E-state index in [2.05, 4.69) is 67.8 Å². The monoisotopic (exact) mass is 740 g/mol. The van der Waals surface area contributed by atoms with E-state index < -0.39 is 12.1 Å². The first-order valence-electron chi connectivity index (χ1n) is 23.0. The molecule has 0 radical (unpaired) electrons. The number of hydrogen-bond acceptors (Lipinski definition) is 3. The molecule has 1 amide bonds. The lowest BCUT2D eigenvalue weighted by Gasteiger charge is -2.19. The van der Waals surface area contributed by atoms with Gasteiger partial charge in [0.15, 0.2) is 0 Å². The van der Waals surface area contributed by atoms with Crippen LogP contribution >= 0.6 is 0 Å². The highest BCUT2D eigenvalue weighted by Crippen LogP contribution is 2.14. The quantitative estimate of drug-likeness (QED) is 0.0432. The van der Waals surface area contributed by atoms with Gasteiger partial charge < -0.3 is 15.5 Å². The van der Waals surface area contributed by atoms with Crippen molar-refractivity contribution < 1.29 is 15.0 Å². The molecule has 53 heavy (non-hydrogen) atoms. The van der Waals surface area contributed by atoms with Gasteiger partial charge in [0.2, 0.25) is 5.91 Å². The number of unbranched alkanes of at least 4 members (excludes halogenated alkanes) is 26. The Kier molecular flexibility index (Phi) is 42.9. The molecule has 0 bridgehead atoms. The van der Waals surface area contributed by atoms with Crippen molar-refractivity contribution in [3.8, 4) is 0 Å². The zero-order chi connectivity index (χ0) is 38.6. The molecule has 0 aromatic heterocycles. The van der Waals surface area contributed by atoms with Gasteiger partial charge in [-0.1, -0.05) is 209 Å². The average molecular weight is 740 g/mol. The number of nitrogens with one attached hydrogen (secondary N) is 1. The van der Waals surface area contributed by atoms with Crippen LogP contribution < -0.4 is 5.32 Å². The summed E-state index contributed by atoms with van der Waals surface area (Å²) in [5.41, 5.74) is 0. The molecule has 0 aromatic carbocycles. The highest BCUT2D eigenvalue weighted by molar-refractivity contribution is 5.76. The fourth-order valence-corrected chi connectivity index (χ4v) is 6.67. The van der Waals surface area contributed by atoms with Crippen LogP contribution in [0.1, 0.15) is 226 Å². The molecule has 0 rings (SSSR count). The van der Waals surface area contributed by atoms with E-state index in [1.807, 2.05) is 6.08 Å². The van der Waals surface area contributed by atoms with Gasteiger partial charge >= 0.3 is 0 Å². The molecular weight excluding hydrogens is 651 g/mol. The van der Waals surface area contributed by atoms with Gasteiger partial charge in [0.1, 0.15) is 0 Å². The number of allylic oxidation sites excluding steroid dienone is 9. The zero-order valence-electron chi connectivity index (χ0n) is 35.3. The minimum atomic E-state index is -0.862. The largest absolute Gasteiger partial charge is 0.394 e. The number of rotatable bonds is 41. The van der Waals surface area contributed by atoms with E-state index in [1.165, 1.54) is 161 Å². The van der Waals surface area contributed by atoms with Crippen LogP contribution in [0, 0.1) is 0 Å². The van der Waals surface area contributed by atoms with E-state index in [1.54, 1.807) is 6.08 Å². The van der Waals surface area contributed by atoms with E-state index in [9.17, 15) is 15.0 Å². The summed E-state index contributed by atoms with van der Waals surface area (Å²) in [5.74, 6) is -0.0770. The molecule has 0 saturated carbocycles. The van der Waals surface area contributed by atoms with E-state index in [0.717, 1.165) is 44.9 Å². The molecule has 0 aliphatic rings. The predicted octanol–water partition coefficient (Wildman–Crippen LogP) is 14.5. The van der Waals surface area contributed by atoms with Gasteiger partial charge in [-0.3, -0.25) is 4.79 Å². The van der Waals surface area contributed by atoms with Gasteiger partial charge in [-0.05, 0) is 70.6 Å². The lowest BCUT2D eigenvalue weighted by atomic mass is 10.0. The maximum atomic E-state index is 12.4. The molecule has 0 heterocycles. The van der Waals surface area contributed by atoms with E-state index in [0.29, 0.717) is 6.42 Å². The van der Waals surface area contributed by atoms with Crippen LogP contribution in [-0.4, -0.2) is 34.9 Å². The lowest BCUT2D eigenvalue weighted by Crippen LogP contribution is -2.45. The van der Waals surface area contributed by atoms with Gasteiger partial charge in [0, 0.05) is 6.42 Å². The fourth-order valence-electron chi connectivity index (χ4n) is 6.67. The normalized spacial score (nSPS) is 13.5. The van der Waals surface area contributed by atoms with E-state index in [-0.39, 0.29) is 12.5 Å². The van der Waals surface area contributed by atoms with E-state index >= 15 is 0 Å². The number of carbonyl (C=O) groups excluding carboxylic acids is 1. The Balaban J connectivity index is 3.53. The van der Waals surface area contributed by atoms with Gasteiger partial charge in [-0.15, -0.1) is 0 Å². The van der Waals surface area contributed by atoms with Crippen molar-refractivity contribution in [3.05, 3.63) is 60.8 Å². The second kappa shape index (κ2) is 44.5. The average Bonchev–Trinajstić information content (AvgIpc) is 3.16. The van der Waals surface area contributed by atoms with E-state index in [4.69, 9.17) is 0 Å². The van der Waals surface area contributed by atoms with Gasteiger partial charge in [0.05, 0.1) is 18.8 Å². The second-order valence-electron chi connectivity index (χ2n) is 15.5. The number of aliphatic hydroxyl groups is 2. The molecule has 308 valence electrons. The fraction of sp³-hybridized carbons (Fsp3) is 0.776. The summed E-state index contributed by atoms with van der Waals surface area (Å²) in [4.78, 5) is 12.4. The molecule has 2 atom stereocenters. The maximum Gasteiger partial charge on any atom is 0.220 e. The zero-order valence-corrected chi connectivity index (χ0v) is 35.3. The van der Waals surface area contributed by atoms with Crippen LogP contribution in [0.15, 0.2) is 60.8 Å². The topological polar surface area (TPSA) is 69.6 Å². The Hall–Kier alpha value is -1.91. The second-order valence-corrected chi connectivity index (χ2v) is 15.5. The molecule has 0 aliphatic carbocycles. The van der Waals surface area contributed by atoms with Crippen molar-refractivity contribution in [2.24, 2.45) is 0 Å². The smallest absolute Gasteiger partial charge is 0.220 e. The van der Waals surface area contributed by atoms with Crippen molar-refractivity contribution in [2.75, 3.05) is 6.61 Å². The van der Waals surface area contributed by atoms with Crippen LogP contribution in [0.2, 0.25) is 0 Å². The summed E-state index contributed by atoms with van der Waals surface area (Å²) in [6.45, 7) is 4.26. The van der Waals surface area contributed by atoms with Gasteiger partial charge in [-0.2, -0.15) is 0 Å². The molecular formula is C49H89NO3. The first-order valence-corrected chi connectivity index (χ1v) is 23.0. The minimum Gasteiger partial charge on any atom is -0.394 e. The molecule has 0 spiro atoms. The Bertz CT molecular complexity index is 888. The summed E-state index contributed by atoms with van der Waals surface area (Å²) < 4.78 is 0. The first kappa shape index (κ1) is 51.1. The van der Waals surface area contributed by atoms with Crippen LogP contribution in [0.4, 0.5) is 0 Å². The van der Waals surface area contributed by atoms with Crippen molar-refractivity contribution in [1.29, 1.82) is 0 Å². The number of amides is 1. The molecule has 4 heteroatoms. The Labute approximate surface area is 330 Å². The number of aliphatic hydroxyl groups excluding tert-OH is 2. The summed E-state index contributed by atoms with van der Waals surface area (Å²) in [6, 6.07) is -0.639. The maximum absolute atomic E-state index is 12.4. The van der Waals surface area contributed by atoms with Crippen LogP contribution in [-0.2, 0) is 4.79 Å². The van der Waals surface area contributed by atoms with Gasteiger partial charge in [0.25, 0.3) is 0 Å². The molecule has 0 aliphatic heterocycles. The highest BCUT2D eigenvalue weighted by atomic mass is 16.3. The van der Waals surface area contributed by atoms with Gasteiger partial charge in [-0.25, -0.2) is 0 Å². The van der Waals surface area contributed by atoms with Crippen molar-refractivity contribution >= 4 is 5.91 Å². The SMILES string of the molecule is CCCCCCC/C=C\C/C=C\C/C=C\CCCCCCCCCCCCCCCCC(=O)NC(CO)C(O)/C=C/CC/C=C/CCCCCCCC. The van der Waals surface area contributed by atoms with Crippen molar-refractivity contribution in [2.45, 2.75) is 238 Å². The van der Waals surface area contributed by atoms with Crippen LogP contribution in [0.5, 0.6) is 0 Å². The molecule has 0 saturated heterocycles.